The fourth-order valence-corrected chi connectivity index (χ4v) is 2.21. The van der Waals surface area contributed by atoms with Gasteiger partial charge in [0, 0.05) is 6.61 Å². The van der Waals surface area contributed by atoms with E-state index in [1.54, 1.807) is 0 Å². The minimum atomic E-state index is -0.225. The predicted octanol–water partition coefficient (Wildman–Crippen LogP) is 2.21. The Morgan fingerprint density at radius 3 is 2.69 bits per heavy atom. The van der Waals surface area contributed by atoms with E-state index in [1.807, 2.05) is 6.92 Å². The minimum Gasteiger partial charge on any atom is -0.390 e. The molecule has 0 aromatic carbocycles. The van der Waals surface area contributed by atoms with Gasteiger partial charge < -0.3 is 9.84 Å². The van der Waals surface area contributed by atoms with E-state index in [9.17, 15) is 5.11 Å². The number of aliphatic hydroxyl groups excluding tert-OH is 1. The summed E-state index contributed by atoms with van der Waals surface area (Å²) in [5.74, 6) is 1.35. The molecule has 1 saturated carbocycles. The Bertz CT molecular complexity index is 136. The SMILES string of the molecule is CCOCC(O)C1CCC(CC)C1. The number of hydrogen-bond donors (Lipinski definition) is 1. The van der Waals surface area contributed by atoms with E-state index in [4.69, 9.17) is 4.74 Å². The van der Waals surface area contributed by atoms with Gasteiger partial charge in [0.05, 0.1) is 12.7 Å². The molecule has 1 aliphatic rings. The summed E-state index contributed by atoms with van der Waals surface area (Å²) in [6.45, 7) is 5.44. The van der Waals surface area contributed by atoms with Gasteiger partial charge in [-0.25, -0.2) is 0 Å². The second-order valence-corrected chi connectivity index (χ2v) is 4.07. The molecule has 78 valence electrons. The summed E-state index contributed by atoms with van der Waals surface area (Å²) in [7, 11) is 0. The number of hydrogen-bond acceptors (Lipinski definition) is 2. The zero-order chi connectivity index (χ0) is 9.68. The average molecular weight is 186 g/mol. The second-order valence-electron chi connectivity index (χ2n) is 4.07. The molecule has 3 unspecified atom stereocenters. The quantitative estimate of drug-likeness (QED) is 0.713. The molecule has 3 atom stereocenters. The van der Waals surface area contributed by atoms with E-state index in [-0.39, 0.29) is 6.10 Å². The molecule has 2 nitrogen and oxygen atoms in total. The van der Waals surface area contributed by atoms with Crippen LogP contribution in [-0.2, 0) is 4.74 Å². The van der Waals surface area contributed by atoms with Gasteiger partial charge >= 0.3 is 0 Å². The summed E-state index contributed by atoms with van der Waals surface area (Å²) in [6.07, 6.45) is 4.72. The molecule has 0 saturated heterocycles. The molecule has 1 fully saturated rings. The van der Waals surface area contributed by atoms with Crippen molar-refractivity contribution in [1.29, 1.82) is 0 Å². The first-order valence-corrected chi connectivity index (χ1v) is 5.53. The van der Waals surface area contributed by atoms with Gasteiger partial charge in [-0.1, -0.05) is 19.8 Å². The maximum Gasteiger partial charge on any atom is 0.0801 e. The molecule has 13 heavy (non-hydrogen) atoms. The third-order valence-electron chi connectivity index (χ3n) is 3.20. The van der Waals surface area contributed by atoms with E-state index < -0.39 is 0 Å². The molecule has 0 amide bonds. The summed E-state index contributed by atoms with van der Waals surface area (Å²) in [5.41, 5.74) is 0. The molecule has 2 heteroatoms. The lowest BCUT2D eigenvalue weighted by molar-refractivity contribution is 0.00960. The summed E-state index contributed by atoms with van der Waals surface area (Å²) in [5, 5.41) is 9.77. The largest absolute Gasteiger partial charge is 0.390 e. The lowest BCUT2D eigenvalue weighted by Gasteiger charge is -2.17. The Morgan fingerprint density at radius 1 is 1.38 bits per heavy atom. The van der Waals surface area contributed by atoms with Gasteiger partial charge in [0.25, 0.3) is 0 Å². The maximum absolute atomic E-state index is 9.77. The summed E-state index contributed by atoms with van der Waals surface area (Å²) in [4.78, 5) is 0. The van der Waals surface area contributed by atoms with Crippen molar-refractivity contribution in [1.82, 2.24) is 0 Å². The van der Waals surface area contributed by atoms with Crippen LogP contribution in [0.25, 0.3) is 0 Å². The van der Waals surface area contributed by atoms with Crippen molar-refractivity contribution in [3.05, 3.63) is 0 Å². The van der Waals surface area contributed by atoms with Crippen molar-refractivity contribution >= 4 is 0 Å². The summed E-state index contributed by atoms with van der Waals surface area (Å²) < 4.78 is 5.23. The molecule has 0 aromatic rings. The van der Waals surface area contributed by atoms with Crippen LogP contribution in [-0.4, -0.2) is 24.4 Å². The van der Waals surface area contributed by atoms with Gasteiger partial charge in [-0.05, 0) is 31.6 Å². The molecule has 1 rings (SSSR count). The molecule has 1 N–H and O–H groups in total. The molecule has 0 heterocycles. The van der Waals surface area contributed by atoms with Crippen molar-refractivity contribution in [2.75, 3.05) is 13.2 Å². The summed E-state index contributed by atoms with van der Waals surface area (Å²) in [6, 6.07) is 0. The highest BCUT2D eigenvalue weighted by molar-refractivity contribution is 4.79. The highest BCUT2D eigenvalue weighted by Crippen LogP contribution is 2.34. The number of rotatable bonds is 5. The van der Waals surface area contributed by atoms with Gasteiger partial charge in [-0.3, -0.25) is 0 Å². The van der Waals surface area contributed by atoms with Crippen LogP contribution in [0.3, 0.4) is 0 Å². The maximum atomic E-state index is 9.77. The third-order valence-corrected chi connectivity index (χ3v) is 3.20. The average Bonchev–Trinajstić information content (AvgIpc) is 2.62. The zero-order valence-corrected chi connectivity index (χ0v) is 8.83. The van der Waals surface area contributed by atoms with Crippen molar-refractivity contribution in [2.24, 2.45) is 11.8 Å². The van der Waals surface area contributed by atoms with Gasteiger partial charge in [-0.15, -0.1) is 0 Å². The first-order chi connectivity index (χ1) is 6.27. The first kappa shape index (κ1) is 11.0. The molecule has 0 aromatic heterocycles. The van der Waals surface area contributed by atoms with E-state index in [2.05, 4.69) is 6.92 Å². The summed E-state index contributed by atoms with van der Waals surface area (Å²) >= 11 is 0. The van der Waals surface area contributed by atoms with Crippen molar-refractivity contribution in [3.8, 4) is 0 Å². The zero-order valence-electron chi connectivity index (χ0n) is 8.83. The van der Waals surface area contributed by atoms with Crippen LogP contribution >= 0.6 is 0 Å². The van der Waals surface area contributed by atoms with Crippen LogP contribution in [0, 0.1) is 11.8 Å². The van der Waals surface area contributed by atoms with Crippen LogP contribution in [0.2, 0.25) is 0 Å². The predicted molar refractivity (Wildman–Crippen MR) is 53.6 cm³/mol. The lowest BCUT2D eigenvalue weighted by atomic mass is 9.98. The molecule has 1 aliphatic carbocycles. The van der Waals surface area contributed by atoms with Gasteiger partial charge in [0.1, 0.15) is 0 Å². The number of ether oxygens (including phenoxy) is 1. The van der Waals surface area contributed by atoms with Crippen LogP contribution in [0.1, 0.15) is 39.5 Å². The lowest BCUT2D eigenvalue weighted by Crippen LogP contribution is -2.24. The highest BCUT2D eigenvalue weighted by Gasteiger charge is 2.28. The van der Waals surface area contributed by atoms with Crippen molar-refractivity contribution in [2.45, 2.75) is 45.6 Å². The molecular weight excluding hydrogens is 164 g/mol. The van der Waals surface area contributed by atoms with E-state index in [0.29, 0.717) is 19.1 Å². The minimum absolute atomic E-state index is 0.225. The van der Waals surface area contributed by atoms with Crippen LogP contribution < -0.4 is 0 Å². The molecular formula is C11H22O2. The smallest absolute Gasteiger partial charge is 0.0801 e. The van der Waals surface area contributed by atoms with Gasteiger partial charge in [0.2, 0.25) is 0 Å². The van der Waals surface area contributed by atoms with Crippen LogP contribution in [0.15, 0.2) is 0 Å². The molecule has 0 aliphatic heterocycles. The topological polar surface area (TPSA) is 29.5 Å². The van der Waals surface area contributed by atoms with E-state index in [0.717, 1.165) is 5.92 Å². The van der Waals surface area contributed by atoms with Gasteiger partial charge in [0.15, 0.2) is 0 Å². The monoisotopic (exact) mass is 186 g/mol. The molecule has 0 bridgehead atoms. The van der Waals surface area contributed by atoms with Crippen LogP contribution in [0.4, 0.5) is 0 Å². The highest BCUT2D eigenvalue weighted by atomic mass is 16.5. The second kappa shape index (κ2) is 5.61. The van der Waals surface area contributed by atoms with E-state index >= 15 is 0 Å². The normalized spacial score (nSPS) is 30.7. The Kier molecular flexibility index (Phi) is 4.74. The Balaban J connectivity index is 2.20. The Morgan fingerprint density at radius 2 is 2.15 bits per heavy atom. The van der Waals surface area contributed by atoms with Crippen molar-refractivity contribution < 1.29 is 9.84 Å². The fraction of sp³-hybridized carbons (Fsp3) is 1.00. The fourth-order valence-electron chi connectivity index (χ4n) is 2.21. The first-order valence-electron chi connectivity index (χ1n) is 5.53. The number of aliphatic hydroxyl groups is 1. The van der Waals surface area contributed by atoms with Crippen LogP contribution in [0.5, 0.6) is 0 Å². The molecule has 0 radical (unpaired) electrons. The molecule has 0 spiro atoms. The van der Waals surface area contributed by atoms with E-state index in [1.165, 1.54) is 25.7 Å². The third kappa shape index (κ3) is 3.28. The Labute approximate surface area is 81.3 Å². The standard InChI is InChI=1S/C11H22O2/c1-3-9-5-6-10(7-9)11(12)8-13-4-2/h9-12H,3-8H2,1-2H3. The van der Waals surface area contributed by atoms with Gasteiger partial charge in [-0.2, -0.15) is 0 Å². The Hall–Kier alpha value is -0.0800. The van der Waals surface area contributed by atoms with Crippen molar-refractivity contribution in [3.63, 3.8) is 0 Å².